The quantitative estimate of drug-likeness (QED) is 0.457. The van der Waals surface area contributed by atoms with Gasteiger partial charge in [0.25, 0.3) is 5.69 Å². The van der Waals surface area contributed by atoms with E-state index in [9.17, 15) is 25.4 Å². The van der Waals surface area contributed by atoms with Crippen LogP contribution < -0.4 is 11.5 Å². The summed E-state index contributed by atoms with van der Waals surface area (Å²) in [6, 6.07) is 9.44. The van der Waals surface area contributed by atoms with Crippen LogP contribution in [0.5, 0.6) is 0 Å². The van der Waals surface area contributed by atoms with Gasteiger partial charge in [0, 0.05) is 11.6 Å². The van der Waals surface area contributed by atoms with Gasteiger partial charge in [0.15, 0.2) is 0 Å². The topological polar surface area (TPSA) is 173 Å². The van der Waals surface area contributed by atoms with Gasteiger partial charge in [-0.15, -0.1) is 0 Å². The lowest BCUT2D eigenvalue weighted by atomic mass is 9.95. The molecule has 2 rings (SSSR count). The van der Waals surface area contributed by atoms with Gasteiger partial charge in [-0.3, -0.25) is 14.9 Å². The van der Waals surface area contributed by atoms with E-state index in [-0.39, 0.29) is 38.8 Å². The van der Waals surface area contributed by atoms with Crippen LogP contribution in [0, 0.1) is 32.8 Å². The minimum atomic E-state index is -0.722. The van der Waals surface area contributed by atoms with Crippen LogP contribution in [0.15, 0.2) is 29.3 Å². The number of thioether (sulfide) groups is 1. The molecule has 0 aliphatic rings. The third-order valence-electron chi connectivity index (χ3n) is 3.47. The molecule has 1 aromatic heterocycles. The van der Waals surface area contributed by atoms with Gasteiger partial charge in [-0.1, -0.05) is 23.9 Å². The Kier molecular flexibility index (Phi) is 5.40. The molecule has 1 unspecified atom stereocenters. The second kappa shape index (κ2) is 7.51. The van der Waals surface area contributed by atoms with Crippen LogP contribution in [0.2, 0.25) is 0 Å². The number of carbonyl (C=O) groups excluding carboxylic acids is 1. The number of nitrogens with zero attached hydrogens (tertiary/aromatic N) is 4. The van der Waals surface area contributed by atoms with E-state index < -0.39 is 16.1 Å². The average molecular weight is 368 g/mol. The summed E-state index contributed by atoms with van der Waals surface area (Å²) < 4.78 is 0. The minimum absolute atomic E-state index is 0.00831. The molecule has 0 fully saturated rings. The Morgan fingerprint density at radius 1 is 1.31 bits per heavy atom. The number of primary amides is 1. The molecule has 0 aliphatic carbocycles. The number of hydrogen-bond acceptors (Lipinski definition) is 8. The largest absolute Gasteiger partial charge is 0.383 e. The number of nitriles is 2. The molecule has 0 aliphatic heterocycles. The molecule has 2 aromatic rings. The second-order valence-electron chi connectivity index (χ2n) is 5.09. The van der Waals surface area contributed by atoms with Crippen LogP contribution in [-0.4, -0.2) is 21.1 Å². The van der Waals surface area contributed by atoms with Crippen LogP contribution in [0.4, 0.5) is 11.5 Å². The maximum atomic E-state index is 11.4. The lowest BCUT2D eigenvalue weighted by Gasteiger charge is -2.14. The molecule has 1 aromatic carbocycles. The highest BCUT2D eigenvalue weighted by Gasteiger charge is 2.27. The number of nitrogen functional groups attached to an aromatic ring is 1. The summed E-state index contributed by atoms with van der Waals surface area (Å²) in [5.41, 5.74) is 10.6. The van der Waals surface area contributed by atoms with Gasteiger partial charge in [-0.05, 0) is 13.0 Å². The van der Waals surface area contributed by atoms with Gasteiger partial charge < -0.3 is 11.5 Å². The highest BCUT2D eigenvalue weighted by molar-refractivity contribution is 8.00. The molecular formula is C16H12N6O3S. The Morgan fingerprint density at radius 2 is 1.92 bits per heavy atom. The first-order valence-electron chi connectivity index (χ1n) is 7.15. The number of nitrogens with two attached hydrogens (primary N) is 2. The summed E-state index contributed by atoms with van der Waals surface area (Å²) in [4.78, 5) is 26.1. The van der Waals surface area contributed by atoms with Crippen molar-refractivity contribution in [1.82, 2.24) is 4.98 Å². The zero-order valence-corrected chi connectivity index (χ0v) is 14.3. The van der Waals surface area contributed by atoms with Gasteiger partial charge >= 0.3 is 0 Å². The van der Waals surface area contributed by atoms with Crippen LogP contribution in [0.1, 0.15) is 18.1 Å². The van der Waals surface area contributed by atoms with E-state index in [2.05, 4.69) is 4.98 Å². The fourth-order valence-electron chi connectivity index (χ4n) is 2.22. The molecule has 0 saturated heterocycles. The molecule has 26 heavy (non-hydrogen) atoms. The lowest BCUT2D eigenvalue weighted by Crippen LogP contribution is -2.23. The first kappa shape index (κ1) is 18.7. The summed E-state index contributed by atoms with van der Waals surface area (Å²) in [5.74, 6) is -0.824. The molecule has 9 nitrogen and oxygen atoms in total. The average Bonchev–Trinajstić information content (AvgIpc) is 2.61. The molecule has 0 bridgehead atoms. The van der Waals surface area contributed by atoms with Crippen molar-refractivity contribution in [2.45, 2.75) is 17.2 Å². The number of nitro groups is 1. The highest BCUT2D eigenvalue weighted by atomic mass is 32.2. The van der Waals surface area contributed by atoms with Gasteiger partial charge in [-0.2, -0.15) is 10.5 Å². The Bertz CT molecular complexity index is 993. The zero-order valence-electron chi connectivity index (χ0n) is 13.5. The molecule has 0 radical (unpaired) electrons. The van der Waals surface area contributed by atoms with Crippen molar-refractivity contribution in [3.63, 3.8) is 0 Å². The number of para-hydroxylation sites is 1. The first-order chi connectivity index (χ1) is 12.3. The predicted molar refractivity (Wildman–Crippen MR) is 94.7 cm³/mol. The van der Waals surface area contributed by atoms with Crippen LogP contribution in [0.3, 0.4) is 0 Å². The van der Waals surface area contributed by atoms with Crippen molar-refractivity contribution in [2.75, 3.05) is 5.73 Å². The smallest absolute Gasteiger partial charge is 0.277 e. The van der Waals surface area contributed by atoms with E-state index >= 15 is 0 Å². The van der Waals surface area contributed by atoms with Crippen molar-refractivity contribution in [1.29, 1.82) is 10.5 Å². The van der Waals surface area contributed by atoms with Gasteiger partial charge in [-0.25, -0.2) is 4.98 Å². The Morgan fingerprint density at radius 3 is 2.46 bits per heavy atom. The number of anilines is 1. The number of pyridine rings is 1. The third kappa shape index (κ3) is 3.41. The summed E-state index contributed by atoms with van der Waals surface area (Å²) >= 11 is 0.892. The Balaban J connectivity index is 2.87. The normalized spacial score (nSPS) is 11.2. The first-order valence-corrected chi connectivity index (χ1v) is 8.03. The van der Waals surface area contributed by atoms with Crippen molar-refractivity contribution in [3.8, 4) is 23.3 Å². The van der Waals surface area contributed by atoms with E-state index in [0.717, 1.165) is 11.8 Å². The third-order valence-corrected chi connectivity index (χ3v) is 4.58. The summed E-state index contributed by atoms with van der Waals surface area (Å²) in [5, 5.41) is 29.8. The molecule has 0 saturated carbocycles. The number of rotatable bonds is 5. The molecule has 1 heterocycles. The standard InChI is InChI=1S/C16H12N6O3S/c1-8(15(20)23)26-16-11(7-18)13(10(6-17)14(19)21-16)9-4-2-3-5-12(9)22(24)25/h2-5,8H,1H3,(H2,19,21)(H2,20,23). The summed E-state index contributed by atoms with van der Waals surface area (Å²) in [6.45, 7) is 1.52. The van der Waals surface area contributed by atoms with Gasteiger partial charge in [0.2, 0.25) is 5.91 Å². The maximum absolute atomic E-state index is 11.4. The zero-order chi connectivity index (χ0) is 19.4. The van der Waals surface area contributed by atoms with E-state index in [1.54, 1.807) is 6.07 Å². The summed E-state index contributed by atoms with van der Waals surface area (Å²) in [6.07, 6.45) is 0. The SMILES string of the molecule is CC(Sc1nc(N)c(C#N)c(-c2ccccc2[N+](=O)[O-])c1C#N)C(N)=O. The van der Waals surface area contributed by atoms with Crippen molar-refractivity contribution < 1.29 is 9.72 Å². The number of aromatic nitrogens is 1. The monoisotopic (exact) mass is 368 g/mol. The van der Waals surface area contributed by atoms with E-state index in [1.807, 2.05) is 12.1 Å². The highest BCUT2D eigenvalue weighted by Crippen LogP contribution is 2.40. The summed E-state index contributed by atoms with van der Waals surface area (Å²) in [7, 11) is 0. The number of amides is 1. The lowest BCUT2D eigenvalue weighted by molar-refractivity contribution is -0.384. The molecule has 130 valence electrons. The molecule has 10 heteroatoms. The van der Waals surface area contributed by atoms with Gasteiger partial charge in [0.05, 0.1) is 21.3 Å². The number of carbonyl (C=O) groups is 1. The molecule has 1 amide bonds. The fraction of sp³-hybridized carbons (Fsp3) is 0.125. The predicted octanol–water partition coefficient (Wildman–Crippen LogP) is 1.95. The van der Waals surface area contributed by atoms with Crippen molar-refractivity contribution in [2.24, 2.45) is 5.73 Å². The van der Waals surface area contributed by atoms with Crippen molar-refractivity contribution >= 4 is 29.2 Å². The Hall–Kier alpha value is -3.63. The fourth-order valence-corrected chi connectivity index (χ4v) is 3.09. The molecule has 0 spiro atoms. The van der Waals surface area contributed by atoms with Crippen LogP contribution in [-0.2, 0) is 4.79 Å². The maximum Gasteiger partial charge on any atom is 0.277 e. The molecule has 4 N–H and O–H groups in total. The van der Waals surface area contributed by atoms with Crippen LogP contribution >= 0.6 is 11.8 Å². The number of benzene rings is 1. The number of nitro benzene ring substituents is 1. The van der Waals surface area contributed by atoms with E-state index in [4.69, 9.17) is 11.5 Å². The minimum Gasteiger partial charge on any atom is -0.383 e. The van der Waals surface area contributed by atoms with Crippen LogP contribution in [0.25, 0.3) is 11.1 Å². The molecular weight excluding hydrogens is 356 g/mol. The Labute approximate surface area is 152 Å². The molecule has 1 atom stereocenters. The number of hydrogen-bond donors (Lipinski definition) is 2. The second-order valence-corrected chi connectivity index (χ2v) is 6.42. The van der Waals surface area contributed by atoms with E-state index in [0.29, 0.717) is 0 Å². The van der Waals surface area contributed by atoms with E-state index in [1.165, 1.54) is 25.1 Å². The van der Waals surface area contributed by atoms with Gasteiger partial charge in [0.1, 0.15) is 28.5 Å². The van der Waals surface area contributed by atoms with Crippen molar-refractivity contribution in [3.05, 3.63) is 45.5 Å².